The van der Waals surface area contributed by atoms with Gasteiger partial charge in [-0.15, -0.1) is 0 Å². The fourth-order valence-corrected chi connectivity index (χ4v) is 1.61. The van der Waals surface area contributed by atoms with Gasteiger partial charge in [-0.05, 0) is 12.1 Å². The molecule has 0 saturated heterocycles. The Morgan fingerprint density at radius 3 is 2.50 bits per heavy atom. The van der Waals surface area contributed by atoms with Gasteiger partial charge in [-0.3, -0.25) is 4.98 Å². The summed E-state index contributed by atoms with van der Waals surface area (Å²) >= 11 is 0. The molecule has 2 rings (SSSR count). The molecule has 0 radical (unpaired) electrons. The minimum atomic E-state index is -4.55. The molecular formula is C12H9F3N2O. The van der Waals surface area contributed by atoms with E-state index in [0.717, 1.165) is 6.20 Å². The van der Waals surface area contributed by atoms with E-state index in [-0.39, 0.29) is 5.75 Å². The van der Waals surface area contributed by atoms with Crippen molar-refractivity contribution in [1.29, 1.82) is 0 Å². The minimum Gasteiger partial charge on any atom is -0.494 e. The number of methoxy groups -OCH3 is 1. The van der Waals surface area contributed by atoms with Crippen LogP contribution in [0.2, 0.25) is 0 Å². The summed E-state index contributed by atoms with van der Waals surface area (Å²) in [6.07, 6.45) is -0.433. The number of hydrogen-bond donors (Lipinski definition) is 0. The van der Waals surface area contributed by atoms with Crippen LogP contribution < -0.4 is 4.74 Å². The van der Waals surface area contributed by atoms with Gasteiger partial charge >= 0.3 is 6.18 Å². The van der Waals surface area contributed by atoms with Crippen LogP contribution in [0.5, 0.6) is 5.75 Å². The van der Waals surface area contributed by atoms with Gasteiger partial charge in [-0.2, -0.15) is 13.2 Å². The van der Waals surface area contributed by atoms with Gasteiger partial charge < -0.3 is 4.74 Å². The summed E-state index contributed by atoms with van der Waals surface area (Å²) in [5.74, 6) is -0.294. The standard InChI is InChI=1S/C12H9F3N2O/c1-18-10-9(8-3-2-5-16-7-8)4-6-17-11(10)12(13,14)15/h2-7H,1H3. The fourth-order valence-electron chi connectivity index (χ4n) is 1.61. The van der Waals surface area contributed by atoms with Crippen LogP contribution in [0, 0.1) is 0 Å². The molecule has 2 heterocycles. The lowest BCUT2D eigenvalue weighted by Crippen LogP contribution is -2.10. The molecule has 0 aliphatic rings. The van der Waals surface area contributed by atoms with Crippen LogP contribution in [0.3, 0.4) is 0 Å². The smallest absolute Gasteiger partial charge is 0.437 e. The normalized spacial score (nSPS) is 11.3. The molecule has 0 aliphatic heterocycles. The Morgan fingerprint density at radius 1 is 1.17 bits per heavy atom. The van der Waals surface area contributed by atoms with E-state index in [1.165, 1.54) is 19.4 Å². The molecule has 6 heteroatoms. The summed E-state index contributed by atoms with van der Waals surface area (Å²) in [6, 6.07) is 4.76. The van der Waals surface area contributed by atoms with Gasteiger partial charge in [0.05, 0.1) is 7.11 Å². The maximum atomic E-state index is 12.8. The van der Waals surface area contributed by atoms with Crippen LogP contribution >= 0.6 is 0 Å². The van der Waals surface area contributed by atoms with Gasteiger partial charge in [0.25, 0.3) is 0 Å². The topological polar surface area (TPSA) is 35.0 Å². The predicted molar refractivity (Wildman–Crippen MR) is 59.0 cm³/mol. The van der Waals surface area contributed by atoms with Crippen LogP contribution in [0.1, 0.15) is 5.69 Å². The van der Waals surface area contributed by atoms with Crippen molar-refractivity contribution in [3.63, 3.8) is 0 Å². The summed E-state index contributed by atoms with van der Waals surface area (Å²) in [5, 5.41) is 0. The second-order valence-electron chi connectivity index (χ2n) is 3.48. The zero-order valence-corrected chi connectivity index (χ0v) is 9.40. The lowest BCUT2D eigenvalue weighted by atomic mass is 10.1. The van der Waals surface area contributed by atoms with E-state index in [0.29, 0.717) is 11.1 Å². The summed E-state index contributed by atoms with van der Waals surface area (Å²) in [6.45, 7) is 0. The van der Waals surface area contributed by atoms with Crippen LogP contribution in [0.25, 0.3) is 11.1 Å². The molecule has 0 amide bonds. The maximum absolute atomic E-state index is 12.8. The first-order chi connectivity index (χ1) is 8.54. The number of ether oxygens (including phenoxy) is 1. The zero-order valence-electron chi connectivity index (χ0n) is 9.40. The largest absolute Gasteiger partial charge is 0.494 e. The van der Waals surface area contributed by atoms with E-state index in [4.69, 9.17) is 4.74 Å². The van der Waals surface area contributed by atoms with Crippen molar-refractivity contribution < 1.29 is 17.9 Å². The molecule has 3 nitrogen and oxygen atoms in total. The Morgan fingerprint density at radius 2 is 1.94 bits per heavy atom. The number of nitrogens with zero attached hydrogens (tertiary/aromatic N) is 2. The number of alkyl halides is 3. The van der Waals surface area contributed by atoms with Gasteiger partial charge in [0.1, 0.15) is 0 Å². The third-order valence-corrected chi connectivity index (χ3v) is 2.35. The monoisotopic (exact) mass is 254 g/mol. The Hall–Kier alpha value is -2.11. The molecule has 2 aromatic rings. The van der Waals surface area contributed by atoms with E-state index in [2.05, 4.69) is 9.97 Å². The van der Waals surface area contributed by atoms with E-state index >= 15 is 0 Å². The van der Waals surface area contributed by atoms with Gasteiger partial charge in [-0.1, -0.05) is 6.07 Å². The molecule has 0 unspecified atom stereocenters. The van der Waals surface area contributed by atoms with Crippen molar-refractivity contribution in [2.24, 2.45) is 0 Å². The number of halogens is 3. The highest BCUT2D eigenvalue weighted by Gasteiger charge is 2.37. The number of rotatable bonds is 2. The van der Waals surface area contributed by atoms with Crippen molar-refractivity contribution in [2.75, 3.05) is 7.11 Å². The second kappa shape index (κ2) is 4.64. The van der Waals surface area contributed by atoms with Crippen molar-refractivity contribution >= 4 is 0 Å². The van der Waals surface area contributed by atoms with Gasteiger partial charge in [0.2, 0.25) is 0 Å². The first-order valence-electron chi connectivity index (χ1n) is 5.04. The summed E-state index contributed by atoms with van der Waals surface area (Å²) < 4.78 is 43.2. The fraction of sp³-hybridized carbons (Fsp3) is 0.167. The number of hydrogen-bond acceptors (Lipinski definition) is 3. The molecule has 0 N–H and O–H groups in total. The molecule has 0 bridgehead atoms. The Kier molecular flexibility index (Phi) is 3.18. The highest BCUT2D eigenvalue weighted by molar-refractivity contribution is 5.70. The third-order valence-electron chi connectivity index (χ3n) is 2.35. The van der Waals surface area contributed by atoms with E-state index < -0.39 is 11.9 Å². The predicted octanol–water partition coefficient (Wildman–Crippen LogP) is 3.17. The van der Waals surface area contributed by atoms with Crippen LogP contribution in [0.15, 0.2) is 36.8 Å². The summed E-state index contributed by atoms with van der Waals surface area (Å²) in [7, 11) is 1.19. The highest BCUT2D eigenvalue weighted by atomic mass is 19.4. The first kappa shape index (κ1) is 12.3. The average molecular weight is 254 g/mol. The highest BCUT2D eigenvalue weighted by Crippen LogP contribution is 2.39. The van der Waals surface area contributed by atoms with E-state index in [1.54, 1.807) is 18.3 Å². The molecule has 0 aliphatic carbocycles. The number of pyridine rings is 2. The second-order valence-corrected chi connectivity index (χ2v) is 3.48. The maximum Gasteiger partial charge on any atom is 0.437 e. The molecule has 0 saturated carbocycles. The molecular weight excluding hydrogens is 245 g/mol. The SMILES string of the molecule is COc1c(-c2cccnc2)ccnc1C(F)(F)F. The summed E-state index contributed by atoms with van der Waals surface area (Å²) in [5.41, 5.74) is -0.179. The van der Waals surface area contributed by atoms with Crippen LogP contribution in [-0.2, 0) is 6.18 Å². The average Bonchev–Trinajstić information content (AvgIpc) is 2.37. The van der Waals surface area contributed by atoms with Crippen molar-refractivity contribution in [1.82, 2.24) is 9.97 Å². The number of aromatic nitrogens is 2. The molecule has 0 atom stereocenters. The molecule has 0 spiro atoms. The van der Waals surface area contributed by atoms with Crippen LogP contribution in [0.4, 0.5) is 13.2 Å². The van der Waals surface area contributed by atoms with Crippen molar-refractivity contribution in [3.05, 3.63) is 42.5 Å². The van der Waals surface area contributed by atoms with Crippen LogP contribution in [-0.4, -0.2) is 17.1 Å². The Labute approximate surface area is 101 Å². The quantitative estimate of drug-likeness (QED) is 0.825. The Balaban J connectivity index is 2.63. The molecule has 18 heavy (non-hydrogen) atoms. The summed E-state index contributed by atoms with van der Waals surface area (Å²) in [4.78, 5) is 7.21. The van der Waals surface area contributed by atoms with Gasteiger partial charge in [0.15, 0.2) is 11.4 Å². The Bertz CT molecular complexity index is 541. The first-order valence-corrected chi connectivity index (χ1v) is 5.04. The zero-order chi connectivity index (χ0) is 13.2. The van der Waals surface area contributed by atoms with Gasteiger partial charge in [-0.25, -0.2) is 4.98 Å². The van der Waals surface area contributed by atoms with Crippen molar-refractivity contribution in [3.8, 4) is 16.9 Å². The minimum absolute atomic E-state index is 0.294. The van der Waals surface area contributed by atoms with E-state index in [9.17, 15) is 13.2 Å². The molecule has 94 valence electrons. The molecule has 0 fully saturated rings. The lowest BCUT2D eigenvalue weighted by molar-refractivity contribution is -0.142. The van der Waals surface area contributed by atoms with Crippen molar-refractivity contribution in [2.45, 2.75) is 6.18 Å². The van der Waals surface area contributed by atoms with Gasteiger partial charge in [0, 0.05) is 29.7 Å². The lowest BCUT2D eigenvalue weighted by Gasteiger charge is -2.14. The molecule has 2 aromatic heterocycles. The molecule has 0 aromatic carbocycles. The van der Waals surface area contributed by atoms with E-state index in [1.807, 2.05) is 0 Å². The third kappa shape index (κ3) is 2.27.